The monoisotopic (exact) mass is 176 g/mol. The number of aryl methyl sites for hydroxylation is 1. The zero-order valence-corrected chi connectivity index (χ0v) is 7.37. The first-order valence-corrected chi connectivity index (χ1v) is 3.64. The Balaban J connectivity index is 3.23. The van der Waals surface area contributed by atoms with Crippen molar-refractivity contribution < 1.29 is 9.53 Å². The average Bonchev–Trinajstić information content (AvgIpc) is 2.16. The van der Waals surface area contributed by atoms with E-state index in [2.05, 4.69) is 9.72 Å². The zero-order chi connectivity index (χ0) is 9.84. The van der Waals surface area contributed by atoms with Gasteiger partial charge in [-0.25, -0.2) is 4.79 Å². The lowest BCUT2D eigenvalue weighted by molar-refractivity contribution is 0.0600. The van der Waals surface area contributed by atoms with Crippen LogP contribution in [-0.2, 0) is 4.74 Å². The maximum absolute atomic E-state index is 11.1. The van der Waals surface area contributed by atoms with Crippen LogP contribution in [0.2, 0.25) is 0 Å². The predicted octanol–water partition coefficient (Wildman–Crippen LogP) is 1.05. The van der Waals surface area contributed by atoms with Crippen LogP contribution in [0.25, 0.3) is 0 Å². The molecule has 4 heteroatoms. The van der Waals surface area contributed by atoms with Crippen molar-refractivity contribution in [3.63, 3.8) is 0 Å². The molecule has 0 amide bonds. The smallest absolute Gasteiger partial charge is 0.340 e. The van der Waals surface area contributed by atoms with E-state index < -0.39 is 5.97 Å². The maximum Gasteiger partial charge on any atom is 0.340 e. The van der Waals surface area contributed by atoms with E-state index in [4.69, 9.17) is 5.26 Å². The Morgan fingerprint density at radius 2 is 2.38 bits per heavy atom. The van der Waals surface area contributed by atoms with Gasteiger partial charge in [-0.1, -0.05) is 0 Å². The van der Waals surface area contributed by atoms with Gasteiger partial charge in [-0.05, 0) is 13.0 Å². The number of esters is 1. The van der Waals surface area contributed by atoms with Gasteiger partial charge in [0.1, 0.15) is 6.07 Å². The van der Waals surface area contributed by atoms with Gasteiger partial charge >= 0.3 is 5.97 Å². The fraction of sp³-hybridized carbons (Fsp3) is 0.222. The average molecular weight is 176 g/mol. The molecule has 0 radical (unpaired) electrons. The molecule has 0 atom stereocenters. The molecule has 0 unspecified atom stereocenters. The second-order valence-electron chi connectivity index (χ2n) is 2.47. The summed E-state index contributed by atoms with van der Waals surface area (Å²) in [6.45, 7) is 1.75. The van der Waals surface area contributed by atoms with E-state index in [9.17, 15) is 4.79 Å². The SMILES string of the molecule is COC(=O)c1cnc(C)cc1C#N. The van der Waals surface area contributed by atoms with Gasteiger partial charge in [0.05, 0.1) is 18.2 Å². The molecule has 0 aliphatic rings. The maximum atomic E-state index is 11.1. The number of ether oxygens (including phenoxy) is 1. The van der Waals surface area contributed by atoms with Gasteiger partial charge in [0, 0.05) is 11.9 Å². The topological polar surface area (TPSA) is 63.0 Å². The number of hydrogen-bond donors (Lipinski definition) is 0. The first-order chi connectivity index (χ1) is 6.19. The Kier molecular flexibility index (Phi) is 2.60. The van der Waals surface area contributed by atoms with E-state index in [1.54, 1.807) is 13.0 Å². The van der Waals surface area contributed by atoms with Gasteiger partial charge in [-0.2, -0.15) is 5.26 Å². The molecule has 1 aromatic rings. The Bertz CT molecular complexity index is 380. The lowest BCUT2D eigenvalue weighted by Gasteiger charge is -2.01. The molecule has 0 fully saturated rings. The first-order valence-electron chi connectivity index (χ1n) is 3.64. The second kappa shape index (κ2) is 3.68. The summed E-state index contributed by atoms with van der Waals surface area (Å²) in [5.74, 6) is -0.538. The van der Waals surface area contributed by atoms with Crippen molar-refractivity contribution in [3.8, 4) is 6.07 Å². The number of pyridine rings is 1. The number of methoxy groups -OCH3 is 1. The fourth-order valence-electron chi connectivity index (χ4n) is 0.925. The number of carbonyl (C=O) groups is 1. The summed E-state index contributed by atoms with van der Waals surface area (Å²) in [5.41, 5.74) is 1.19. The standard InChI is InChI=1S/C9H8N2O2/c1-6-3-7(4-10)8(5-11-6)9(12)13-2/h3,5H,1-2H3. The minimum Gasteiger partial charge on any atom is -0.465 e. The molecule has 0 aliphatic carbocycles. The third-order valence-electron chi connectivity index (χ3n) is 1.57. The number of nitrogens with zero attached hydrogens (tertiary/aromatic N) is 2. The highest BCUT2D eigenvalue weighted by atomic mass is 16.5. The molecule has 0 aromatic carbocycles. The van der Waals surface area contributed by atoms with Crippen LogP contribution in [-0.4, -0.2) is 18.1 Å². The molecule has 1 rings (SSSR count). The van der Waals surface area contributed by atoms with Crippen molar-refractivity contribution in [1.29, 1.82) is 5.26 Å². The van der Waals surface area contributed by atoms with Gasteiger partial charge < -0.3 is 4.74 Å². The number of carbonyl (C=O) groups excluding carboxylic acids is 1. The second-order valence-corrected chi connectivity index (χ2v) is 2.47. The number of aromatic nitrogens is 1. The quantitative estimate of drug-likeness (QED) is 0.600. The highest BCUT2D eigenvalue weighted by molar-refractivity contribution is 5.91. The van der Waals surface area contributed by atoms with Crippen LogP contribution in [0, 0.1) is 18.3 Å². The fourth-order valence-corrected chi connectivity index (χ4v) is 0.925. The van der Waals surface area contributed by atoms with Crippen molar-refractivity contribution in [2.75, 3.05) is 7.11 Å². The molecule has 1 aromatic heterocycles. The highest BCUT2D eigenvalue weighted by Crippen LogP contribution is 2.08. The Morgan fingerprint density at radius 3 is 2.92 bits per heavy atom. The molecule has 0 saturated carbocycles. The van der Waals surface area contributed by atoms with Crippen molar-refractivity contribution in [2.24, 2.45) is 0 Å². The summed E-state index contributed by atoms with van der Waals surface area (Å²) in [4.78, 5) is 15.0. The van der Waals surface area contributed by atoms with Gasteiger partial charge in [0.25, 0.3) is 0 Å². The van der Waals surface area contributed by atoms with Crippen LogP contribution in [0.1, 0.15) is 21.6 Å². The lowest BCUT2D eigenvalue weighted by Crippen LogP contribution is -2.05. The molecule has 1 heterocycles. The third-order valence-corrected chi connectivity index (χ3v) is 1.57. The third kappa shape index (κ3) is 1.82. The summed E-state index contributed by atoms with van der Waals surface area (Å²) < 4.78 is 4.49. The van der Waals surface area contributed by atoms with E-state index in [-0.39, 0.29) is 5.56 Å². The van der Waals surface area contributed by atoms with Gasteiger partial charge in [-0.3, -0.25) is 4.98 Å². The summed E-state index contributed by atoms with van der Waals surface area (Å²) in [6, 6.07) is 3.46. The number of hydrogen-bond acceptors (Lipinski definition) is 4. The molecular formula is C9H8N2O2. The first kappa shape index (κ1) is 9.20. The molecular weight excluding hydrogens is 168 g/mol. The van der Waals surface area contributed by atoms with Crippen LogP contribution in [0.3, 0.4) is 0 Å². The molecule has 0 bridgehead atoms. The summed E-state index contributed by atoms with van der Waals surface area (Å²) in [5, 5.41) is 8.70. The summed E-state index contributed by atoms with van der Waals surface area (Å²) in [7, 11) is 1.27. The molecule has 0 N–H and O–H groups in total. The van der Waals surface area contributed by atoms with E-state index in [1.807, 2.05) is 6.07 Å². The largest absolute Gasteiger partial charge is 0.465 e. The van der Waals surface area contributed by atoms with Gasteiger partial charge in [-0.15, -0.1) is 0 Å². The molecule has 66 valence electrons. The Hall–Kier alpha value is -1.89. The minimum atomic E-state index is -0.538. The highest BCUT2D eigenvalue weighted by Gasteiger charge is 2.11. The van der Waals surface area contributed by atoms with Crippen molar-refractivity contribution in [3.05, 3.63) is 29.1 Å². The van der Waals surface area contributed by atoms with E-state index in [0.717, 1.165) is 0 Å². The molecule has 0 saturated heterocycles. The zero-order valence-electron chi connectivity index (χ0n) is 7.37. The summed E-state index contributed by atoms with van der Waals surface area (Å²) in [6.07, 6.45) is 1.35. The molecule has 4 nitrogen and oxygen atoms in total. The van der Waals surface area contributed by atoms with Gasteiger partial charge in [0.2, 0.25) is 0 Å². The van der Waals surface area contributed by atoms with Gasteiger partial charge in [0.15, 0.2) is 0 Å². The summed E-state index contributed by atoms with van der Waals surface area (Å²) >= 11 is 0. The van der Waals surface area contributed by atoms with Crippen LogP contribution in [0.5, 0.6) is 0 Å². The van der Waals surface area contributed by atoms with Crippen molar-refractivity contribution >= 4 is 5.97 Å². The Labute approximate surface area is 75.8 Å². The minimum absolute atomic E-state index is 0.204. The molecule has 0 spiro atoms. The lowest BCUT2D eigenvalue weighted by atomic mass is 10.1. The number of rotatable bonds is 1. The van der Waals surface area contributed by atoms with Crippen LogP contribution in [0.4, 0.5) is 0 Å². The van der Waals surface area contributed by atoms with Crippen LogP contribution < -0.4 is 0 Å². The Morgan fingerprint density at radius 1 is 1.69 bits per heavy atom. The molecule has 13 heavy (non-hydrogen) atoms. The van der Waals surface area contributed by atoms with E-state index in [0.29, 0.717) is 11.3 Å². The van der Waals surface area contributed by atoms with Crippen LogP contribution >= 0.6 is 0 Å². The number of nitriles is 1. The van der Waals surface area contributed by atoms with Crippen LogP contribution in [0.15, 0.2) is 12.3 Å². The van der Waals surface area contributed by atoms with Crippen molar-refractivity contribution in [1.82, 2.24) is 4.98 Å². The molecule has 0 aliphatic heterocycles. The predicted molar refractivity (Wildman–Crippen MR) is 45.0 cm³/mol. The van der Waals surface area contributed by atoms with E-state index in [1.165, 1.54) is 13.3 Å². The van der Waals surface area contributed by atoms with E-state index >= 15 is 0 Å². The normalized spacial score (nSPS) is 9.00. The van der Waals surface area contributed by atoms with Crippen molar-refractivity contribution in [2.45, 2.75) is 6.92 Å².